The van der Waals surface area contributed by atoms with E-state index in [4.69, 9.17) is 0 Å². The van der Waals surface area contributed by atoms with Gasteiger partial charge in [0.25, 0.3) is 0 Å². The minimum Gasteiger partial charge on any atom is -0.353 e. The average Bonchev–Trinajstić information content (AvgIpc) is 3.15. The number of amides is 1. The fourth-order valence-electron chi connectivity index (χ4n) is 4.29. The number of nitrogens with one attached hydrogen (secondary N) is 1. The van der Waals surface area contributed by atoms with Crippen molar-refractivity contribution in [2.24, 2.45) is 5.41 Å². The lowest BCUT2D eigenvalue weighted by Crippen LogP contribution is -2.43. The van der Waals surface area contributed by atoms with Crippen LogP contribution in [-0.4, -0.2) is 41.2 Å². The average molecular weight is 391 g/mol. The lowest BCUT2D eigenvalue weighted by atomic mass is 9.90. The standard InChI is InChI=1S/C21H25N7O/c29-20(21(6-7-21)13-27-10-9-23-15-27)26-17-1-3-18(4-2-17)28-12-16(11-25-28)19-5-8-22-14-24-19/h5,8-12,14-15,17-18H,1-4,6-7,13H2,(H,26,29). The highest BCUT2D eigenvalue weighted by molar-refractivity contribution is 5.85. The van der Waals surface area contributed by atoms with E-state index in [2.05, 4.69) is 36.2 Å². The lowest BCUT2D eigenvalue weighted by molar-refractivity contribution is -0.127. The minimum absolute atomic E-state index is 0.208. The van der Waals surface area contributed by atoms with Gasteiger partial charge in [0, 0.05) is 42.9 Å². The van der Waals surface area contributed by atoms with Gasteiger partial charge >= 0.3 is 0 Å². The van der Waals surface area contributed by atoms with Crippen molar-refractivity contribution in [1.29, 1.82) is 0 Å². The highest BCUT2D eigenvalue weighted by Crippen LogP contribution is 2.47. The SMILES string of the molecule is O=C(NC1CCC(n2cc(-c3ccncn3)cn2)CC1)C1(Cn2ccnc2)CC1. The molecule has 2 saturated carbocycles. The van der Waals surface area contributed by atoms with Gasteiger partial charge in [0.2, 0.25) is 5.91 Å². The second kappa shape index (κ2) is 7.42. The number of carbonyl (C=O) groups is 1. The molecule has 3 heterocycles. The van der Waals surface area contributed by atoms with E-state index in [1.54, 1.807) is 25.0 Å². The Labute approximate surface area is 169 Å². The number of rotatable bonds is 6. The van der Waals surface area contributed by atoms with E-state index in [1.807, 2.05) is 23.0 Å². The van der Waals surface area contributed by atoms with Gasteiger partial charge in [-0.1, -0.05) is 0 Å². The van der Waals surface area contributed by atoms with Crippen molar-refractivity contribution < 1.29 is 4.79 Å². The summed E-state index contributed by atoms with van der Waals surface area (Å²) in [4.78, 5) is 25.2. The molecule has 2 aliphatic rings. The monoisotopic (exact) mass is 391 g/mol. The minimum atomic E-state index is -0.230. The maximum Gasteiger partial charge on any atom is 0.228 e. The molecule has 2 aliphatic carbocycles. The van der Waals surface area contributed by atoms with Crippen molar-refractivity contribution in [3.05, 3.63) is 49.7 Å². The molecule has 0 aliphatic heterocycles. The molecule has 0 bridgehead atoms. The van der Waals surface area contributed by atoms with E-state index >= 15 is 0 Å². The van der Waals surface area contributed by atoms with Crippen molar-refractivity contribution >= 4 is 5.91 Å². The summed E-state index contributed by atoms with van der Waals surface area (Å²) in [5, 5.41) is 7.87. The smallest absolute Gasteiger partial charge is 0.228 e. The highest BCUT2D eigenvalue weighted by Gasteiger charge is 2.50. The number of imidazole rings is 1. The van der Waals surface area contributed by atoms with E-state index in [-0.39, 0.29) is 17.4 Å². The second-order valence-corrected chi connectivity index (χ2v) is 8.30. The number of hydrogen-bond acceptors (Lipinski definition) is 5. The van der Waals surface area contributed by atoms with Crippen LogP contribution in [0.25, 0.3) is 11.3 Å². The van der Waals surface area contributed by atoms with E-state index in [0.717, 1.165) is 56.3 Å². The summed E-state index contributed by atoms with van der Waals surface area (Å²) in [5.41, 5.74) is 1.67. The van der Waals surface area contributed by atoms with Crippen LogP contribution in [0.4, 0.5) is 0 Å². The Balaban J connectivity index is 1.15. The van der Waals surface area contributed by atoms with Gasteiger partial charge in [-0.2, -0.15) is 5.10 Å². The van der Waals surface area contributed by atoms with Crippen LogP contribution in [-0.2, 0) is 11.3 Å². The van der Waals surface area contributed by atoms with Gasteiger partial charge in [-0.25, -0.2) is 15.0 Å². The largest absolute Gasteiger partial charge is 0.353 e. The van der Waals surface area contributed by atoms with Crippen LogP contribution < -0.4 is 5.32 Å². The van der Waals surface area contributed by atoms with Crippen molar-refractivity contribution in [3.63, 3.8) is 0 Å². The first-order valence-corrected chi connectivity index (χ1v) is 10.3. The molecular formula is C21H25N7O. The number of nitrogens with zero attached hydrogens (tertiary/aromatic N) is 6. The third-order valence-corrected chi connectivity index (χ3v) is 6.26. The van der Waals surface area contributed by atoms with Crippen LogP contribution in [0.5, 0.6) is 0 Å². The van der Waals surface area contributed by atoms with Crippen molar-refractivity contribution in [2.75, 3.05) is 0 Å². The molecule has 2 fully saturated rings. The third-order valence-electron chi connectivity index (χ3n) is 6.26. The zero-order chi connectivity index (χ0) is 19.7. The van der Waals surface area contributed by atoms with Crippen molar-refractivity contribution in [2.45, 2.75) is 57.2 Å². The van der Waals surface area contributed by atoms with E-state index in [0.29, 0.717) is 6.04 Å². The molecule has 0 unspecified atom stereocenters. The molecule has 150 valence electrons. The first-order chi connectivity index (χ1) is 14.2. The quantitative estimate of drug-likeness (QED) is 0.698. The number of hydrogen-bond donors (Lipinski definition) is 1. The zero-order valence-electron chi connectivity index (χ0n) is 16.3. The molecular weight excluding hydrogens is 366 g/mol. The van der Waals surface area contributed by atoms with E-state index in [9.17, 15) is 4.79 Å². The normalized spacial score (nSPS) is 22.9. The molecule has 29 heavy (non-hydrogen) atoms. The Kier molecular flexibility index (Phi) is 4.61. The summed E-state index contributed by atoms with van der Waals surface area (Å²) < 4.78 is 4.06. The molecule has 3 aromatic heterocycles. The Morgan fingerprint density at radius 3 is 2.72 bits per heavy atom. The van der Waals surface area contributed by atoms with Gasteiger partial charge in [-0.15, -0.1) is 0 Å². The van der Waals surface area contributed by atoms with Gasteiger partial charge in [0.05, 0.1) is 29.7 Å². The summed E-state index contributed by atoms with van der Waals surface area (Å²) in [6.45, 7) is 0.729. The Morgan fingerprint density at radius 1 is 1.17 bits per heavy atom. The lowest BCUT2D eigenvalue weighted by Gasteiger charge is -2.30. The van der Waals surface area contributed by atoms with Gasteiger partial charge in [0.1, 0.15) is 6.33 Å². The van der Waals surface area contributed by atoms with E-state index in [1.165, 1.54) is 0 Å². The molecule has 8 heteroatoms. The van der Waals surface area contributed by atoms with Crippen LogP contribution in [0, 0.1) is 5.41 Å². The van der Waals surface area contributed by atoms with Crippen LogP contribution in [0.3, 0.4) is 0 Å². The van der Waals surface area contributed by atoms with E-state index < -0.39 is 0 Å². The highest BCUT2D eigenvalue weighted by atomic mass is 16.2. The Morgan fingerprint density at radius 2 is 2.03 bits per heavy atom. The molecule has 8 nitrogen and oxygen atoms in total. The third kappa shape index (κ3) is 3.79. The fourth-order valence-corrected chi connectivity index (χ4v) is 4.29. The number of aromatic nitrogens is 6. The maximum absolute atomic E-state index is 12.9. The van der Waals surface area contributed by atoms with Crippen LogP contribution in [0.1, 0.15) is 44.6 Å². The topological polar surface area (TPSA) is 90.5 Å². The first-order valence-electron chi connectivity index (χ1n) is 10.3. The van der Waals surface area contributed by atoms with Gasteiger partial charge in [0.15, 0.2) is 0 Å². The summed E-state index contributed by atoms with van der Waals surface area (Å²) in [7, 11) is 0. The summed E-state index contributed by atoms with van der Waals surface area (Å²) >= 11 is 0. The van der Waals surface area contributed by atoms with Gasteiger partial charge < -0.3 is 9.88 Å². The predicted molar refractivity (Wildman–Crippen MR) is 107 cm³/mol. The maximum atomic E-state index is 12.9. The van der Waals surface area contributed by atoms with Gasteiger partial charge in [-0.3, -0.25) is 9.48 Å². The molecule has 5 rings (SSSR count). The first kappa shape index (κ1) is 18.0. The molecule has 0 aromatic carbocycles. The molecule has 0 atom stereocenters. The summed E-state index contributed by atoms with van der Waals surface area (Å²) in [6, 6.07) is 2.53. The van der Waals surface area contributed by atoms with Crippen LogP contribution in [0.2, 0.25) is 0 Å². The zero-order valence-corrected chi connectivity index (χ0v) is 16.3. The molecule has 1 N–H and O–H groups in total. The van der Waals surface area contributed by atoms with Gasteiger partial charge in [-0.05, 0) is 44.6 Å². The summed E-state index contributed by atoms with van der Waals surface area (Å²) in [6.07, 6.45) is 18.6. The Bertz CT molecular complexity index is 954. The Hall–Kier alpha value is -3.03. The van der Waals surface area contributed by atoms with Crippen molar-refractivity contribution in [3.8, 4) is 11.3 Å². The predicted octanol–water partition coefficient (Wildman–Crippen LogP) is 2.62. The van der Waals surface area contributed by atoms with Crippen molar-refractivity contribution in [1.82, 2.24) is 34.6 Å². The molecule has 0 spiro atoms. The molecule has 0 saturated heterocycles. The summed E-state index contributed by atoms with van der Waals surface area (Å²) in [5.74, 6) is 0.208. The molecule has 1 amide bonds. The molecule has 3 aromatic rings. The molecule has 0 radical (unpaired) electrons. The number of carbonyl (C=O) groups excluding carboxylic acids is 1. The van der Waals surface area contributed by atoms with Crippen LogP contribution >= 0.6 is 0 Å². The fraction of sp³-hybridized carbons (Fsp3) is 0.476. The second-order valence-electron chi connectivity index (χ2n) is 8.30. The van der Waals surface area contributed by atoms with Crippen LogP contribution in [0.15, 0.2) is 49.7 Å².